The molecule has 1 aliphatic heterocycles. The number of hydrogen-bond donors (Lipinski definition) is 1. The molecule has 0 bridgehead atoms. The molecule has 0 unspecified atom stereocenters. The second-order valence-electron chi connectivity index (χ2n) is 3.87. The van der Waals surface area contributed by atoms with Crippen LogP contribution in [0.5, 0.6) is 0 Å². The van der Waals surface area contributed by atoms with Crippen LogP contribution in [0.15, 0.2) is 4.99 Å². The van der Waals surface area contributed by atoms with Crippen LogP contribution in [0.2, 0.25) is 0 Å². The summed E-state index contributed by atoms with van der Waals surface area (Å²) >= 11 is 1.95. The van der Waals surface area contributed by atoms with Crippen LogP contribution in [-0.4, -0.2) is 55.1 Å². The second-order valence-corrected chi connectivity index (χ2v) is 5.10. The van der Waals surface area contributed by atoms with Crippen molar-refractivity contribution < 1.29 is 9.53 Å². The quantitative estimate of drug-likeness (QED) is 0.340. The lowest BCUT2D eigenvalue weighted by Crippen LogP contribution is -2.42. The van der Waals surface area contributed by atoms with E-state index in [2.05, 4.69) is 14.6 Å². The van der Waals surface area contributed by atoms with Gasteiger partial charge in [-0.25, -0.2) is 0 Å². The number of esters is 1. The number of thioether (sulfide) groups is 1. The maximum atomic E-state index is 10.9. The second kappa shape index (κ2) is 8.22. The molecule has 1 saturated heterocycles. The minimum Gasteiger partial charge on any atom is -0.469 e. The van der Waals surface area contributed by atoms with E-state index >= 15 is 0 Å². The van der Waals surface area contributed by atoms with Crippen LogP contribution < -0.4 is 5.73 Å². The van der Waals surface area contributed by atoms with Crippen LogP contribution >= 0.6 is 11.8 Å². The Bertz CT molecular complexity index is 265. The highest BCUT2D eigenvalue weighted by Crippen LogP contribution is 2.08. The normalized spacial score (nSPS) is 17.0. The molecule has 17 heavy (non-hydrogen) atoms. The zero-order valence-electron chi connectivity index (χ0n) is 10.4. The van der Waals surface area contributed by atoms with E-state index < -0.39 is 0 Å². The molecule has 1 aliphatic rings. The van der Waals surface area contributed by atoms with Crippen LogP contribution in [0.1, 0.15) is 19.3 Å². The van der Waals surface area contributed by atoms with E-state index in [9.17, 15) is 4.79 Å². The molecule has 0 radical (unpaired) electrons. The molecule has 1 fully saturated rings. The number of guanidine groups is 1. The zero-order chi connectivity index (χ0) is 12.5. The summed E-state index contributed by atoms with van der Waals surface area (Å²) in [6.45, 7) is 2.66. The van der Waals surface area contributed by atoms with Crippen molar-refractivity contribution in [2.24, 2.45) is 10.7 Å². The molecule has 0 atom stereocenters. The number of ether oxygens (including phenoxy) is 1. The summed E-state index contributed by atoms with van der Waals surface area (Å²) in [7, 11) is 1.41. The Kier molecular flexibility index (Phi) is 6.84. The van der Waals surface area contributed by atoms with Gasteiger partial charge in [0.05, 0.1) is 7.11 Å². The molecule has 0 spiro atoms. The van der Waals surface area contributed by atoms with E-state index in [1.807, 2.05) is 11.8 Å². The van der Waals surface area contributed by atoms with Gasteiger partial charge in [-0.15, -0.1) is 0 Å². The largest absolute Gasteiger partial charge is 0.469 e. The number of nitrogens with two attached hydrogens (primary N) is 1. The molecule has 0 aromatic heterocycles. The van der Waals surface area contributed by atoms with E-state index in [0.717, 1.165) is 37.4 Å². The third-order valence-corrected chi connectivity index (χ3v) is 3.57. The minimum absolute atomic E-state index is 0.157. The standard InChI is InChI=1S/C11H21N3O2S/c1-16-10(15)4-2-3-5-13-11(12)14-6-8-17-9-7-14/h2-9H2,1H3,(H2,12,13). The minimum atomic E-state index is -0.157. The first-order valence-electron chi connectivity index (χ1n) is 5.93. The van der Waals surface area contributed by atoms with Crippen molar-refractivity contribution in [2.75, 3.05) is 38.2 Å². The number of carbonyl (C=O) groups excluding carboxylic acids is 1. The first-order valence-corrected chi connectivity index (χ1v) is 7.09. The molecular formula is C11H21N3O2S. The molecule has 5 nitrogen and oxygen atoms in total. The number of nitrogens with zero attached hydrogens (tertiary/aromatic N) is 2. The SMILES string of the molecule is COC(=O)CCCCN=C(N)N1CCSCC1. The maximum absolute atomic E-state index is 10.9. The molecule has 2 N–H and O–H groups in total. The highest BCUT2D eigenvalue weighted by atomic mass is 32.2. The van der Waals surface area contributed by atoms with Crippen LogP contribution in [0.3, 0.4) is 0 Å². The van der Waals surface area contributed by atoms with Gasteiger partial charge in [0, 0.05) is 37.6 Å². The summed E-state index contributed by atoms with van der Waals surface area (Å²) < 4.78 is 4.56. The van der Waals surface area contributed by atoms with Crippen LogP contribution in [0, 0.1) is 0 Å². The number of unbranched alkanes of at least 4 members (excludes halogenated alkanes) is 1. The molecular weight excluding hydrogens is 238 g/mol. The summed E-state index contributed by atoms with van der Waals surface area (Å²) in [6.07, 6.45) is 2.14. The fourth-order valence-electron chi connectivity index (χ4n) is 1.57. The van der Waals surface area contributed by atoms with Gasteiger partial charge in [0.15, 0.2) is 5.96 Å². The highest BCUT2D eigenvalue weighted by molar-refractivity contribution is 7.99. The van der Waals surface area contributed by atoms with E-state index in [-0.39, 0.29) is 5.97 Å². The maximum Gasteiger partial charge on any atom is 0.305 e. The molecule has 6 heteroatoms. The number of aliphatic imine (C=N–C) groups is 1. The van der Waals surface area contributed by atoms with Crippen molar-refractivity contribution in [3.63, 3.8) is 0 Å². The zero-order valence-corrected chi connectivity index (χ0v) is 11.2. The third kappa shape index (κ3) is 5.81. The number of rotatable bonds is 5. The van der Waals surface area contributed by atoms with E-state index in [0.29, 0.717) is 18.9 Å². The number of methoxy groups -OCH3 is 1. The van der Waals surface area contributed by atoms with Gasteiger partial charge < -0.3 is 15.4 Å². The van der Waals surface area contributed by atoms with Crippen molar-refractivity contribution in [2.45, 2.75) is 19.3 Å². The van der Waals surface area contributed by atoms with Gasteiger partial charge in [-0.3, -0.25) is 9.79 Å². The number of carbonyl (C=O) groups is 1. The van der Waals surface area contributed by atoms with Gasteiger partial charge in [0.1, 0.15) is 0 Å². The molecule has 0 aromatic carbocycles. The number of hydrogen-bond acceptors (Lipinski definition) is 4. The average Bonchev–Trinajstić information content (AvgIpc) is 2.38. The topological polar surface area (TPSA) is 67.9 Å². The van der Waals surface area contributed by atoms with Gasteiger partial charge in [-0.2, -0.15) is 11.8 Å². The fourth-order valence-corrected chi connectivity index (χ4v) is 2.47. The Morgan fingerprint density at radius 2 is 2.12 bits per heavy atom. The van der Waals surface area contributed by atoms with Crippen LogP contribution in [-0.2, 0) is 9.53 Å². The monoisotopic (exact) mass is 259 g/mol. The average molecular weight is 259 g/mol. The summed E-state index contributed by atoms with van der Waals surface area (Å²) in [4.78, 5) is 17.3. The van der Waals surface area contributed by atoms with E-state index in [1.54, 1.807) is 0 Å². The third-order valence-electron chi connectivity index (χ3n) is 2.63. The predicted octanol–water partition coefficient (Wildman–Crippen LogP) is 0.693. The molecule has 1 heterocycles. The van der Waals surface area contributed by atoms with E-state index in [4.69, 9.17) is 5.73 Å². The smallest absolute Gasteiger partial charge is 0.305 e. The highest BCUT2D eigenvalue weighted by Gasteiger charge is 2.11. The van der Waals surface area contributed by atoms with E-state index in [1.165, 1.54) is 7.11 Å². The Morgan fingerprint density at radius 3 is 2.76 bits per heavy atom. The summed E-state index contributed by atoms with van der Waals surface area (Å²) in [6, 6.07) is 0. The van der Waals surface area contributed by atoms with Gasteiger partial charge in [0.2, 0.25) is 0 Å². The molecule has 0 amide bonds. The Balaban J connectivity index is 2.12. The summed E-state index contributed by atoms with van der Waals surface area (Å²) in [5.74, 6) is 2.73. The van der Waals surface area contributed by atoms with Crippen molar-refractivity contribution >= 4 is 23.7 Å². The predicted molar refractivity (Wildman–Crippen MR) is 71.3 cm³/mol. The van der Waals surface area contributed by atoms with Gasteiger partial charge in [-0.05, 0) is 12.8 Å². The lowest BCUT2D eigenvalue weighted by atomic mass is 10.2. The summed E-state index contributed by atoms with van der Waals surface area (Å²) in [5.41, 5.74) is 5.89. The molecule has 0 saturated carbocycles. The Hall–Kier alpha value is -0.910. The van der Waals surface area contributed by atoms with Gasteiger partial charge >= 0.3 is 5.97 Å². The van der Waals surface area contributed by atoms with Crippen molar-refractivity contribution in [3.8, 4) is 0 Å². The van der Waals surface area contributed by atoms with Crippen molar-refractivity contribution in [1.82, 2.24) is 4.90 Å². The lowest BCUT2D eigenvalue weighted by Gasteiger charge is -2.27. The fraction of sp³-hybridized carbons (Fsp3) is 0.818. The van der Waals surface area contributed by atoms with Crippen LogP contribution in [0.4, 0.5) is 0 Å². The molecule has 0 aromatic rings. The molecule has 98 valence electrons. The van der Waals surface area contributed by atoms with Crippen molar-refractivity contribution in [3.05, 3.63) is 0 Å². The Morgan fingerprint density at radius 1 is 1.41 bits per heavy atom. The van der Waals surface area contributed by atoms with Gasteiger partial charge in [-0.1, -0.05) is 0 Å². The first kappa shape index (κ1) is 14.2. The first-order chi connectivity index (χ1) is 8.24. The molecule has 0 aliphatic carbocycles. The molecule has 1 rings (SSSR count). The van der Waals surface area contributed by atoms with Crippen molar-refractivity contribution in [1.29, 1.82) is 0 Å². The lowest BCUT2D eigenvalue weighted by molar-refractivity contribution is -0.140. The Labute approximate surface area is 107 Å². The van der Waals surface area contributed by atoms with Gasteiger partial charge in [0.25, 0.3) is 0 Å². The van der Waals surface area contributed by atoms with Crippen LogP contribution in [0.25, 0.3) is 0 Å². The summed E-state index contributed by atoms with van der Waals surface area (Å²) in [5, 5.41) is 0.